The number of amides is 1. The van der Waals surface area contributed by atoms with Crippen LogP contribution in [0.4, 0.5) is 0 Å². The zero-order valence-electron chi connectivity index (χ0n) is 8.98. The summed E-state index contributed by atoms with van der Waals surface area (Å²) in [5.74, 6) is -0.592. The highest BCUT2D eigenvalue weighted by atomic mass is 32.2. The maximum absolute atomic E-state index is 11.5. The molecule has 0 saturated heterocycles. The van der Waals surface area contributed by atoms with Gasteiger partial charge < -0.3 is 5.73 Å². The Morgan fingerprint density at radius 3 is 2.27 bits per heavy atom. The first-order valence-corrected chi connectivity index (χ1v) is 7.01. The molecule has 0 aromatic rings. The summed E-state index contributed by atoms with van der Waals surface area (Å²) >= 11 is 0. The van der Waals surface area contributed by atoms with E-state index in [-0.39, 0.29) is 12.6 Å². The van der Waals surface area contributed by atoms with Gasteiger partial charge in [-0.25, -0.2) is 8.42 Å². The van der Waals surface area contributed by atoms with Crippen molar-refractivity contribution in [2.75, 3.05) is 12.8 Å². The van der Waals surface area contributed by atoms with Gasteiger partial charge in [0.05, 0.1) is 12.8 Å². The van der Waals surface area contributed by atoms with E-state index in [4.69, 9.17) is 5.73 Å². The van der Waals surface area contributed by atoms with Gasteiger partial charge in [-0.15, -0.1) is 0 Å². The lowest BCUT2D eigenvalue weighted by Crippen LogP contribution is -2.45. The van der Waals surface area contributed by atoms with Crippen LogP contribution in [-0.2, 0) is 14.8 Å². The lowest BCUT2D eigenvalue weighted by molar-refractivity contribution is -0.118. The van der Waals surface area contributed by atoms with Gasteiger partial charge in [-0.05, 0) is 12.8 Å². The quantitative estimate of drug-likeness (QED) is 0.747. The van der Waals surface area contributed by atoms with Gasteiger partial charge in [0, 0.05) is 6.04 Å². The van der Waals surface area contributed by atoms with Crippen molar-refractivity contribution < 1.29 is 13.2 Å². The minimum Gasteiger partial charge on any atom is -0.369 e. The van der Waals surface area contributed by atoms with Crippen LogP contribution in [0.2, 0.25) is 0 Å². The molecular weight excluding hydrogens is 216 g/mol. The SMILES string of the molecule is CS(=O)(=O)N(CC(N)=O)C1CCCCC1. The molecule has 15 heavy (non-hydrogen) atoms. The number of carbonyl (C=O) groups excluding carboxylic acids is 1. The Morgan fingerprint density at radius 1 is 1.33 bits per heavy atom. The number of sulfonamides is 1. The van der Waals surface area contributed by atoms with Gasteiger partial charge in [0.25, 0.3) is 0 Å². The zero-order chi connectivity index (χ0) is 11.5. The summed E-state index contributed by atoms with van der Waals surface area (Å²) in [6, 6.07) is -0.0405. The van der Waals surface area contributed by atoms with Crippen molar-refractivity contribution in [3.8, 4) is 0 Å². The third-order valence-corrected chi connectivity index (χ3v) is 4.00. The van der Waals surface area contributed by atoms with Crippen LogP contribution < -0.4 is 5.73 Å². The number of nitrogens with zero attached hydrogens (tertiary/aromatic N) is 1. The van der Waals surface area contributed by atoms with E-state index in [0.29, 0.717) is 0 Å². The van der Waals surface area contributed by atoms with Gasteiger partial charge in [-0.2, -0.15) is 4.31 Å². The van der Waals surface area contributed by atoms with Crippen LogP contribution >= 0.6 is 0 Å². The lowest BCUT2D eigenvalue weighted by atomic mass is 9.95. The van der Waals surface area contributed by atoms with E-state index < -0.39 is 15.9 Å². The molecule has 1 fully saturated rings. The van der Waals surface area contributed by atoms with Crippen molar-refractivity contribution in [1.29, 1.82) is 0 Å². The molecule has 0 bridgehead atoms. The second-order valence-electron chi connectivity index (χ2n) is 4.07. The van der Waals surface area contributed by atoms with Crippen LogP contribution in [0.25, 0.3) is 0 Å². The topological polar surface area (TPSA) is 80.5 Å². The number of nitrogens with two attached hydrogens (primary N) is 1. The monoisotopic (exact) mass is 234 g/mol. The molecule has 0 atom stereocenters. The molecule has 0 aromatic heterocycles. The molecule has 0 aromatic carbocycles. The van der Waals surface area contributed by atoms with Gasteiger partial charge in [-0.3, -0.25) is 4.79 Å². The second kappa shape index (κ2) is 4.94. The molecule has 88 valence electrons. The number of rotatable bonds is 4. The molecule has 0 radical (unpaired) electrons. The molecule has 1 aliphatic carbocycles. The van der Waals surface area contributed by atoms with E-state index in [1.54, 1.807) is 0 Å². The summed E-state index contributed by atoms with van der Waals surface area (Å²) in [7, 11) is -3.33. The predicted molar refractivity (Wildman–Crippen MR) is 57.6 cm³/mol. The molecule has 6 heteroatoms. The van der Waals surface area contributed by atoms with E-state index in [9.17, 15) is 13.2 Å². The fourth-order valence-electron chi connectivity index (χ4n) is 2.04. The van der Waals surface area contributed by atoms with Gasteiger partial charge in [0.1, 0.15) is 0 Å². The largest absolute Gasteiger partial charge is 0.369 e. The Kier molecular flexibility index (Phi) is 4.10. The summed E-state index contributed by atoms with van der Waals surface area (Å²) in [6.45, 7) is -0.191. The molecule has 1 aliphatic rings. The molecule has 0 unspecified atom stereocenters. The zero-order valence-corrected chi connectivity index (χ0v) is 9.79. The Hall–Kier alpha value is -0.620. The van der Waals surface area contributed by atoms with Crippen LogP contribution in [0.1, 0.15) is 32.1 Å². The lowest BCUT2D eigenvalue weighted by Gasteiger charge is -2.31. The normalized spacial score (nSPS) is 19.3. The van der Waals surface area contributed by atoms with Gasteiger partial charge in [0.15, 0.2) is 0 Å². The van der Waals surface area contributed by atoms with Crippen LogP contribution in [0, 0.1) is 0 Å². The van der Waals surface area contributed by atoms with Crippen LogP contribution in [0.3, 0.4) is 0 Å². The maximum atomic E-state index is 11.5. The average Bonchev–Trinajstić information content (AvgIpc) is 2.14. The molecule has 0 heterocycles. The smallest absolute Gasteiger partial charge is 0.232 e. The summed E-state index contributed by atoms with van der Waals surface area (Å²) in [4.78, 5) is 10.8. The molecule has 0 spiro atoms. The summed E-state index contributed by atoms with van der Waals surface area (Å²) in [5, 5.41) is 0. The Bertz CT molecular complexity index is 320. The minimum absolute atomic E-state index is 0.0405. The Labute approximate surface area is 90.7 Å². The minimum atomic E-state index is -3.33. The fraction of sp³-hybridized carbons (Fsp3) is 0.889. The number of carbonyl (C=O) groups is 1. The highest BCUT2D eigenvalue weighted by Crippen LogP contribution is 2.23. The first-order chi connectivity index (χ1) is 6.91. The third-order valence-electron chi connectivity index (χ3n) is 2.72. The van der Waals surface area contributed by atoms with Gasteiger partial charge >= 0.3 is 0 Å². The van der Waals surface area contributed by atoms with E-state index in [1.807, 2.05) is 0 Å². The standard InChI is InChI=1S/C9H18N2O3S/c1-15(13,14)11(7-9(10)12)8-5-3-2-4-6-8/h8H,2-7H2,1H3,(H2,10,12). The van der Waals surface area contributed by atoms with Crippen molar-refractivity contribution in [3.63, 3.8) is 0 Å². The Morgan fingerprint density at radius 2 is 1.87 bits per heavy atom. The first kappa shape index (κ1) is 12.4. The molecule has 1 amide bonds. The van der Waals surface area contributed by atoms with Gasteiger partial charge in [0.2, 0.25) is 15.9 Å². The summed E-state index contributed by atoms with van der Waals surface area (Å²) in [5.41, 5.74) is 5.05. The van der Waals surface area contributed by atoms with Crippen molar-refractivity contribution >= 4 is 15.9 Å². The summed E-state index contributed by atoms with van der Waals surface area (Å²) < 4.78 is 24.2. The highest BCUT2D eigenvalue weighted by molar-refractivity contribution is 7.88. The average molecular weight is 234 g/mol. The predicted octanol–water partition coefficient (Wildman–Crippen LogP) is 0.0660. The van der Waals surface area contributed by atoms with Gasteiger partial charge in [-0.1, -0.05) is 19.3 Å². The van der Waals surface area contributed by atoms with Crippen molar-refractivity contribution in [3.05, 3.63) is 0 Å². The molecule has 0 aliphatic heterocycles. The fourth-order valence-corrected chi connectivity index (χ4v) is 3.15. The van der Waals surface area contributed by atoms with Crippen LogP contribution in [-0.4, -0.2) is 37.5 Å². The van der Waals surface area contributed by atoms with E-state index in [2.05, 4.69) is 0 Å². The number of primary amides is 1. The third kappa shape index (κ3) is 3.79. The van der Waals surface area contributed by atoms with E-state index >= 15 is 0 Å². The number of hydrogen-bond donors (Lipinski definition) is 1. The highest BCUT2D eigenvalue weighted by Gasteiger charge is 2.28. The number of hydrogen-bond acceptors (Lipinski definition) is 3. The summed E-state index contributed by atoms with van der Waals surface area (Å²) in [6.07, 6.45) is 5.99. The molecule has 2 N–H and O–H groups in total. The molecule has 1 rings (SSSR count). The molecular formula is C9H18N2O3S. The Balaban J connectivity index is 2.75. The maximum Gasteiger partial charge on any atom is 0.232 e. The van der Waals surface area contributed by atoms with E-state index in [0.717, 1.165) is 38.4 Å². The van der Waals surface area contributed by atoms with Crippen molar-refractivity contribution in [2.24, 2.45) is 5.73 Å². The second-order valence-corrected chi connectivity index (χ2v) is 6.00. The van der Waals surface area contributed by atoms with Crippen LogP contribution in [0.15, 0.2) is 0 Å². The van der Waals surface area contributed by atoms with Crippen molar-refractivity contribution in [1.82, 2.24) is 4.31 Å². The molecule has 5 nitrogen and oxygen atoms in total. The van der Waals surface area contributed by atoms with Crippen LogP contribution in [0.5, 0.6) is 0 Å². The first-order valence-electron chi connectivity index (χ1n) is 5.16. The van der Waals surface area contributed by atoms with Crippen molar-refractivity contribution in [2.45, 2.75) is 38.1 Å². The van der Waals surface area contributed by atoms with E-state index in [1.165, 1.54) is 4.31 Å². The molecule has 1 saturated carbocycles.